The van der Waals surface area contributed by atoms with E-state index in [-0.39, 0.29) is 6.61 Å². The first-order chi connectivity index (χ1) is 5.50. The van der Waals surface area contributed by atoms with E-state index in [2.05, 4.69) is 11.3 Å². The standard InChI is InChI=1S/C7H9FO4/c1-3-12-7(11)4(2)5(8)6(9)10/h5H,2-3H2,1H3,(H,9,10). The normalized spacial score (nSPS) is 11.8. The second-order valence-electron chi connectivity index (χ2n) is 1.95. The van der Waals surface area contributed by atoms with Gasteiger partial charge in [0, 0.05) is 0 Å². The van der Waals surface area contributed by atoms with Gasteiger partial charge in [0.1, 0.15) is 0 Å². The zero-order valence-corrected chi connectivity index (χ0v) is 6.54. The number of hydrogen-bond acceptors (Lipinski definition) is 3. The Morgan fingerprint density at radius 1 is 1.67 bits per heavy atom. The number of carboxylic acids is 1. The molecule has 0 aliphatic carbocycles. The highest BCUT2D eigenvalue weighted by atomic mass is 19.1. The van der Waals surface area contributed by atoms with E-state index in [1.807, 2.05) is 0 Å². The van der Waals surface area contributed by atoms with Crippen LogP contribution >= 0.6 is 0 Å². The summed E-state index contributed by atoms with van der Waals surface area (Å²) in [5.74, 6) is -2.76. The minimum Gasteiger partial charge on any atom is -0.479 e. The molecule has 0 rings (SSSR count). The average molecular weight is 176 g/mol. The fourth-order valence-corrected chi connectivity index (χ4v) is 0.476. The summed E-state index contributed by atoms with van der Waals surface area (Å²) in [6, 6.07) is 0. The number of carbonyl (C=O) groups is 2. The van der Waals surface area contributed by atoms with Crippen LogP contribution in [0.3, 0.4) is 0 Å². The van der Waals surface area contributed by atoms with E-state index in [9.17, 15) is 14.0 Å². The summed E-state index contributed by atoms with van der Waals surface area (Å²) in [6.45, 7) is 4.55. The molecular weight excluding hydrogens is 167 g/mol. The molecule has 0 heterocycles. The molecule has 0 radical (unpaired) electrons. The number of carbonyl (C=O) groups excluding carboxylic acids is 1. The Balaban J connectivity index is 4.19. The van der Waals surface area contributed by atoms with Crippen molar-refractivity contribution >= 4 is 11.9 Å². The Morgan fingerprint density at radius 2 is 2.17 bits per heavy atom. The minimum absolute atomic E-state index is 0.0597. The number of alkyl halides is 1. The van der Waals surface area contributed by atoms with Crippen LogP contribution in [-0.2, 0) is 14.3 Å². The lowest BCUT2D eigenvalue weighted by Gasteiger charge is -2.05. The van der Waals surface area contributed by atoms with E-state index in [4.69, 9.17) is 5.11 Å². The quantitative estimate of drug-likeness (QED) is 0.501. The van der Waals surface area contributed by atoms with Gasteiger partial charge in [0.2, 0.25) is 6.17 Å². The Kier molecular flexibility index (Phi) is 3.96. The van der Waals surface area contributed by atoms with Crippen LogP contribution in [0, 0.1) is 0 Å². The molecule has 1 atom stereocenters. The first-order valence-corrected chi connectivity index (χ1v) is 3.23. The number of ether oxygens (including phenoxy) is 1. The smallest absolute Gasteiger partial charge is 0.343 e. The van der Waals surface area contributed by atoms with Crippen molar-refractivity contribution in [3.05, 3.63) is 12.2 Å². The first kappa shape index (κ1) is 10.6. The molecule has 5 heteroatoms. The van der Waals surface area contributed by atoms with E-state index in [1.165, 1.54) is 6.92 Å². The fraction of sp³-hybridized carbons (Fsp3) is 0.429. The van der Waals surface area contributed by atoms with Gasteiger partial charge in [-0.2, -0.15) is 0 Å². The zero-order chi connectivity index (χ0) is 9.72. The van der Waals surface area contributed by atoms with E-state index in [0.717, 1.165) is 0 Å². The van der Waals surface area contributed by atoms with Crippen LogP contribution < -0.4 is 0 Å². The second kappa shape index (κ2) is 4.48. The van der Waals surface area contributed by atoms with Crippen molar-refractivity contribution < 1.29 is 23.8 Å². The van der Waals surface area contributed by atoms with Crippen molar-refractivity contribution in [3.63, 3.8) is 0 Å². The van der Waals surface area contributed by atoms with Crippen molar-refractivity contribution in [2.24, 2.45) is 0 Å². The maximum atomic E-state index is 12.5. The highest BCUT2D eigenvalue weighted by Crippen LogP contribution is 2.06. The van der Waals surface area contributed by atoms with E-state index in [1.54, 1.807) is 0 Å². The van der Waals surface area contributed by atoms with Gasteiger partial charge in [-0.15, -0.1) is 0 Å². The summed E-state index contributed by atoms with van der Waals surface area (Å²) in [5.41, 5.74) is -0.690. The van der Waals surface area contributed by atoms with Crippen molar-refractivity contribution in [1.29, 1.82) is 0 Å². The number of carboxylic acid groups (broad SMARTS) is 1. The molecule has 0 aromatic carbocycles. The predicted molar refractivity (Wildman–Crippen MR) is 38.3 cm³/mol. The molecule has 0 saturated heterocycles. The van der Waals surface area contributed by atoms with Gasteiger partial charge in [-0.3, -0.25) is 0 Å². The number of halogens is 1. The van der Waals surface area contributed by atoms with E-state index < -0.39 is 23.7 Å². The predicted octanol–water partition coefficient (Wildman–Crippen LogP) is 0.528. The molecule has 0 aromatic rings. The van der Waals surface area contributed by atoms with Crippen LogP contribution in [0.1, 0.15) is 6.92 Å². The summed E-state index contributed by atoms with van der Waals surface area (Å²) in [5, 5.41) is 8.13. The third-order valence-corrected chi connectivity index (χ3v) is 1.06. The molecule has 12 heavy (non-hydrogen) atoms. The Hall–Kier alpha value is -1.39. The Labute approximate surface area is 68.6 Å². The van der Waals surface area contributed by atoms with Crippen molar-refractivity contribution in [2.75, 3.05) is 6.61 Å². The van der Waals surface area contributed by atoms with E-state index >= 15 is 0 Å². The largest absolute Gasteiger partial charge is 0.479 e. The van der Waals surface area contributed by atoms with Crippen LogP contribution in [-0.4, -0.2) is 29.8 Å². The Morgan fingerprint density at radius 3 is 2.50 bits per heavy atom. The van der Waals surface area contributed by atoms with Gasteiger partial charge in [0.25, 0.3) is 0 Å². The molecule has 0 amide bonds. The third-order valence-electron chi connectivity index (χ3n) is 1.06. The molecule has 1 unspecified atom stereocenters. The lowest BCUT2D eigenvalue weighted by atomic mass is 10.2. The zero-order valence-electron chi connectivity index (χ0n) is 6.54. The van der Waals surface area contributed by atoms with Crippen LogP contribution in [0.4, 0.5) is 4.39 Å². The second-order valence-corrected chi connectivity index (χ2v) is 1.95. The van der Waals surface area contributed by atoms with Gasteiger partial charge in [0.05, 0.1) is 12.2 Å². The highest BCUT2D eigenvalue weighted by Gasteiger charge is 2.25. The van der Waals surface area contributed by atoms with E-state index in [0.29, 0.717) is 0 Å². The summed E-state index contributed by atoms with van der Waals surface area (Å²) in [7, 11) is 0. The van der Waals surface area contributed by atoms with Gasteiger partial charge in [-0.05, 0) is 6.92 Å². The lowest BCUT2D eigenvalue weighted by molar-refractivity contribution is -0.146. The number of hydrogen-bond donors (Lipinski definition) is 1. The van der Waals surface area contributed by atoms with Crippen LogP contribution in [0.2, 0.25) is 0 Å². The highest BCUT2D eigenvalue weighted by molar-refractivity contribution is 5.95. The molecule has 0 fully saturated rings. The van der Waals surface area contributed by atoms with Crippen molar-refractivity contribution in [1.82, 2.24) is 0 Å². The van der Waals surface area contributed by atoms with Gasteiger partial charge in [-0.1, -0.05) is 6.58 Å². The molecule has 0 aliphatic rings. The summed E-state index contributed by atoms with van der Waals surface area (Å²) >= 11 is 0. The molecule has 68 valence electrons. The molecule has 0 saturated carbocycles. The lowest BCUT2D eigenvalue weighted by Crippen LogP contribution is -2.23. The maximum absolute atomic E-state index is 12.5. The van der Waals surface area contributed by atoms with Gasteiger partial charge in [-0.25, -0.2) is 14.0 Å². The third kappa shape index (κ3) is 2.69. The molecule has 0 bridgehead atoms. The molecular formula is C7H9FO4. The van der Waals surface area contributed by atoms with Crippen LogP contribution in [0.15, 0.2) is 12.2 Å². The first-order valence-electron chi connectivity index (χ1n) is 3.23. The summed E-state index contributed by atoms with van der Waals surface area (Å²) in [4.78, 5) is 20.7. The molecule has 0 aromatic heterocycles. The monoisotopic (exact) mass is 176 g/mol. The minimum atomic E-state index is -2.39. The molecule has 4 nitrogen and oxygen atoms in total. The van der Waals surface area contributed by atoms with Gasteiger partial charge >= 0.3 is 11.9 Å². The number of rotatable bonds is 4. The molecule has 0 aliphatic heterocycles. The summed E-state index contributed by atoms with van der Waals surface area (Å²) < 4.78 is 16.8. The Bertz CT molecular complexity index is 211. The van der Waals surface area contributed by atoms with Gasteiger partial charge < -0.3 is 9.84 Å². The molecule has 1 N–H and O–H groups in total. The van der Waals surface area contributed by atoms with Crippen LogP contribution in [0.25, 0.3) is 0 Å². The van der Waals surface area contributed by atoms with Crippen LogP contribution in [0.5, 0.6) is 0 Å². The molecule has 0 spiro atoms. The average Bonchev–Trinajstić information content (AvgIpc) is 2.02. The van der Waals surface area contributed by atoms with Gasteiger partial charge in [0.15, 0.2) is 0 Å². The maximum Gasteiger partial charge on any atom is 0.343 e. The number of aliphatic carboxylic acids is 1. The SMILES string of the molecule is C=C(C(=O)OCC)C(F)C(=O)O. The van der Waals surface area contributed by atoms with Crippen molar-refractivity contribution in [2.45, 2.75) is 13.1 Å². The fourth-order valence-electron chi connectivity index (χ4n) is 0.476. The van der Waals surface area contributed by atoms with Crippen molar-refractivity contribution in [3.8, 4) is 0 Å². The number of esters is 1. The topological polar surface area (TPSA) is 63.6 Å². The summed E-state index contributed by atoms with van der Waals surface area (Å²) in [6.07, 6.45) is -2.39.